The number of anilines is 1. The number of hydrogen-bond acceptors (Lipinski definition) is 5. The fraction of sp³-hybridized carbons (Fsp3) is 0.368. The van der Waals surface area contributed by atoms with Crippen molar-refractivity contribution in [3.05, 3.63) is 42.2 Å². The largest absolute Gasteiger partial charge is 0.393 e. The summed E-state index contributed by atoms with van der Waals surface area (Å²) in [6.45, 7) is 2.15. The number of hydrogen-bond donors (Lipinski definition) is 3. The van der Waals surface area contributed by atoms with Crippen LogP contribution in [-0.2, 0) is 6.54 Å². The Balaban J connectivity index is 0.000000948. The summed E-state index contributed by atoms with van der Waals surface area (Å²) in [5, 5.41) is 9.67. The molecule has 6 nitrogen and oxygen atoms in total. The van der Waals surface area contributed by atoms with Crippen LogP contribution in [-0.4, -0.2) is 45.6 Å². The summed E-state index contributed by atoms with van der Waals surface area (Å²) < 4.78 is 0. The lowest BCUT2D eigenvalue weighted by Gasteiger charge is -2.31. The monoisotopic (exact) mass is 373 g/mol. The fourth-order valence-electron chi connectivity index (χ4n) is 3.19. The summed E-state index contributed by atoms with van der Waals surface area (Å²) in [4.78, 5) is 14.5. The zero-order valence-electron chi connectivity index (χ0n) is 14.8. The number of nitrogens with zero attached hydrogens (tertiary/aromatic N) is 3. The summed E-state index contributed by atoms with van der Waals surface area (Å²) in [5.74, 6) is 0.746. The average Bonchev–Trinajstić information content (AvgIpc) is 3.12. The van der Waals surface area contributed by atoms with Gasteiger partial charge in [0.25, 0.3) is 0 Å². The third kappa shape index (κ3) is 3.98. The number of pyridine rings is 1. The highest BCUT2D eigenvalue weighted by molar-refractivity contribution is 6.15. The van der Waals surface area contributed by atoms with Gasteiger partial charge in [0.05, 0.1) is 23.9 Å². The molecule has 1 aliphatic rings. The van der Waals surface area contributed by atoms with Crippen LogP contribution < -0.4 is 10.6 Å². The molecule has 0 aliphatic carbocycles. The standard InChI is InChI=1S/C18H21N5O.CH3Cl/c19-11-17-20-16-5-4-15(21-18(16)22-17)12-2-1-3-13(10-12)23-8-6-14(24)7-9-23;1-2/h1-5,10,14,24H,6-9,11,19H2,(H,20,21,22);1H3. The first-order chi connectivity index (χ1) is 12.7. The SMILES string of the molecule is CCl.NCc1nc2nc(-c3cccc(N4CCC(O)CC4)c3)ccc2[nH]1. The number of H-pyrrole nitrogens is 1. The van der Waals surface area contributed by atoms with Gasteiger partial charge in [0, 0.05) is 30.7 Å². The van der Waals surface area contributed by atoms with Crippen LogP contribution in [0.2, 0.25) is 0 Å². The van der Waals surface area contributed by atoms with Crippen LogP contribution in [0.15, 0.2) is 36.4 Å². The van der Waals surface area contributed by atoms with E-state index in [2.05, 4.69) is 55.7 Å². The first-order valence-electron chi connectivity index (χ1n) is 8.70. The Bertz CT molecular complexity index is 858. The molecule has 0 atom stereocenters. The number of piperidine rings is 1. The molecule has 0 amide bonds. The van der Waals surface area contributed by atoms with E-state index >= 15 is 0 Å². The van der Waals surface area contributed by atoms with Crippen LogP contribution in [0, 0.1) is 0 Å². The summed E-state index contributed by atoms with van der Waals surface area (Å²) in [6.07, 6.45) is 2.96. The van der Waals surface area contributed by atoms with Gasteiger partial charge in [-0.25, -0.2) is 9.97 Å². The Morgan fingerprint density at radius 2 is 1.96 bits per heavy atom. The van der Waals surface area contributed by atoms with Crippen molar-refractivity contribution in [1.82, 2.24) is 15.0 Å². The normalized spacial score (nSPS) is 15.0. The van der Waals surface area contributed by atoms with Gasteiger partial charge < -0.3 is 20.7 Å². The molecule has 3 heterocycles. The van der Waals surface area contributed by atoms with Gasteiger partial charge >= 0.3 is 0 Å². The second kappa shape index (κ2) is 8.49. The number of aliphatic hydroxyl groups is 1. The first-order valence-corrected chi connectivity index (χ1v) is 9.45. The number of imidazole rings is 1. The number of benzene rings is 1. The molecular formula is C19H24ClN5O. The molecule has 1 fully saturated rings. The van der Waals surface area contributed by atoms with E-state index in [1.807, 2.05) is 12.1 Å². The molecule has 26 heavy (non-hydrogen) atoms. The van der Waals surface area contributed by atoms with E-state index in [4.69, 9.17) is 5.73 Å². The molecule has 4 N–H and O–H groups in total. The molecule has 1 aliphatic heterocycles. The van der Waals surface area contributed by atoms with Crippen molar-refractivity contribution in [3.8, 4) is 11.3 Å². The minimum atomic E-state index is -0.162. The Morgan fingerprint density at radius 3 is 2.69 bits per heavy atom. The molecule has 0 unspecified atom stereocenters. The van der Waals surface area contributed by atoms with Gasteiger partial charge in [-0.2, -0.15) is 0 Å². The highest BCUT2D eigenvalue weighted by Gasteiger charge is 2.17. The number of halogens is 1. The van der Waals surface area contributed by atoms with Gasteiger partial charge in [-0.15, -0.1) is 11.6 Å². The lowest BCUT2D eigenvalue weighted by Crippen LogP contribution is -2.35. The van der Waals surface area contributed by atoms with E-state index in [9.17, 15) is 5.11 Å². The van der Waals surface area contributed by atoms with Crippen molar-refractivity contribution in [2.24, 2.45) is 5.73 Å². The summed E-state index contributed by atoms with van der Waals surface area (Å²) in [5.41, 5.74) is 10.4. The topological polar surface area (TPSA) is 91.1 Å². The van der Waals surface area contributed by atoms with Crippen LogP contribution >= 0.6 is 11.6 Å². The molecule has 138 valence electrons. The fourth-order valence-corrected chi connectivity index (χ4v) is 3.19. The summed E-state index contributed by atoms with van der Waals surface area (Å²) in [7, 11) is 0. The Kier molecular flexibility index (Phi) is 6.08. The molecule has 0 spiro atoms. The number of alkyl halides is 1. The van der Waals surface area contributed by atoms with E-state index < -0.39 is 0 Å². The van der Waals surface area contributed by atoms with Crippen LogP contribution in [0.4, 0.5) is 5.69 Å². The molecule has 0 saturated carbocycles. The van der Waals surface area contributed by atoms with Crippen LogP contribution in [0.5, 0.6) is 0 Å². The molecule has 0 bridgehead atoms. The maximum Gasteiger partial charge on any atom is 0.178 e. The smallest absolute Gasteiger partial charge is 0.178 e. The second-order valence-corrected chi connectivity index (χ2v) is 6.22. The zero-order chi connectivity index (χ0) is 18.5. The van der Waals surface area contributed by atoms with Crippen LogP contribution in [0.25, 0.3) is 22.4 Å². The number of nitrogens with one attached hydrogen (secondary N) is 1. The Hall–Kier alpha value is -2.15. The average molecular weight is 374 g/mol. The Morgan fingerprint density at radius 1 is 1.19 bits per heavy atom. The molecule has 3 aromatic rings. The minimum absolute atomic E-state index is 0.162. The van der Waals surface area contributed by atoms with Crippen molar-refractivity contribution in [3.63, 3.8) is 0 Å². The van der Waals surface area contributed by atoms with Crippen molar-refractivity contribution in [1.29, 1.82) is 0 Å². The predicted molar refractivity (Wildman–Crippen MR) is 106 cm³/mol. The summed E-state index contributed by atoms with van der Waals surface area (Å²) in [6, 6.07) is 12.4. The lowest BCUT2D eigenvalue weighted by atomic mass is 10.1. The number of aliphatic hydroxyl groups excluding tert-OH is 1. The van der Waals surface area contributed by atoms with Gasteiger partial charge in [0.1, 0.15) is 5.82 Å². The molecule has 4 rings (SSSR count). The highest BCUT2D eigenvalue weighted by Crippen LogP contribution is 2.26. The highest BCUT2D eigenvalue weighted by atomic mass is 35.5. The van der Waals surface area contributed by atoms with E-state index in [-0.39, 0.29) is 6.10 Å². The van der Waals surface area contributed by atoms with Crippen LogP contribution in [0.3, 0.4) is 0 Å². The summed E-state index contributed by atoms with van der Waals surface area (Å²) >= 11 is 4.64. The molecule has 1 saturated heterocycles. The van der Waals surface area contributed by atoms with Crippen molar-refractivity contribution < 1.29 is 5.11 Å². The minimum Gasteiger partial charge on any atom is -0.393 e. The van der Waals surface area contributed by atoms with E-state index in [0.717, 1.165) is 48.5 Å². The van der Waals surface area contributed by atoms with E-state index in [1.165, 1.54) is 12.1 Å². The maximum absolute atomic E-state index is 9.67. The maximum atomic E-state index is 9.67. The molecular weight excluding hydrogens is 350 g/mol. The van der Waals surface area contributed by atoms with E-state index in [1.54, 1.807) is 0 Å². The van der Waals surface area contributed by atoms with Crippen LogP contribution in [0.1, 0.15) is 18.7 Å². The molecule has 1 aromatic carbocycles. The lowest BCUT2D eigenvalue weighted by molar-refractivity contribution is 0.145. The first kappa shape index (κ1) is 18.6. The molecule has 7 heteroatoms. The van der Waals surface area contributed by atoms with E-state index in [0.29, 0.717) is 12.2 Å². The van der Waals surface area contributed by atoms with Gasteiger partial charge in [-0.3, -0.25) is 0 Å². The van der Waals surface area contributed by atoms with Gasteiger partial charge in [-0.05, 0) is 37.1 Å². The third-order valence-corrected chi connectivity index (χ3v) is 4.56. The van der Waals surface area contributed by atoms with Gasteiger partial charge in [0.15, 0.2) is 5.65 Å². The quantitative estimate of drug-likeness (QED) is 0.614. The van der Waals surface area contributed by atoms with Crippen molar-refractivity contribution >= 4 is 28.5 Å². The number of aromatic nitrogens is 3. The molecule has 0 radical (unpaired) electrons. The third-order valence-electron chi connectivity index (χ3n) is 4.56. The number of nitrogens with two attached hydrogens (primary N) is 1. The number of rotatable bonds is 3. The second-order valence-electron chi connectivity index (χ2n) is 6.22. The van der Waals surface area contributed by atoms with Crippen molar-refractivity contribution in [2.45, 2.75) is 25.5 Å². The number of fused-ring (bicyclic) bond motifs is 1. The van der Waals surface area contributed by atoms with Crippen molar-refractivity contribution in [2.75, 3.05) is 24.4 Å². The number of aromatic amines is 1. The van der Waals surface area contributed by atoms with Gasteiger partial charge in [0.2, 0.25) is 0 Å². The molecule has 2 aromatic heterocycles. The van der Waals surface area contributed by atoms with Gasteiger partial charge in [-0.1, -0.05) is 12.1 Å². The Labute approximate surface area is 158 Å². The predicted octanol–water partition coefficient (Wildman–Crippen LogP) is 2.90. The zero-order valence-corrected chi connectivity index (χ0v) is 15.6.